The highest BCUT2D eigenvalue weighted by Gasteiger charge is 2.25. The number of aryl methyl sites for hydroxylation is 3. The van der Waals surface area contributed by atoms with Crippen molar-refractivity contribution in [2.45, 2.75) is 20.8 Å². The number of amides is 1. The quantitative estimate of drug-likeness (QED) is 0.662. The fourth-order valence-electron chi connectivity index (χ4n) is 3.01. The molecule has 0 aliphatic carbocycles. The van der Waals surface area contributed by atoms with E-state index in [-0.39, 0.29) is 5.91 Å². The molecule has 0 aliphatic heterocycles. The lowest BCUT2D eigenvalue weighted by molar-refractivity contribution is 0.0603. The standard InChI is InChI=1S/C21H20N2O3S/c1-12-10-13(2)22-16(11-12)19(24)23-20-18(21(25)26-4)17(14(3)27-20)15-8-6-5-7-9-15/h5-11H,1-4H3,(H,23,24). The fraction of sp³-hybridized carbons (Fsp3) is 0.190. The number of rotatable bonds is 4. The van der Waals surface area contributed by atoms with E-state index in [4.69, 9.17) is 4.74 Å². The molecule has 27 heavy (non-hydrogen) atoms. The summed E-state index contributed by atoms with van der Waals surface area (Å²) in [4.78, 5) is 30.4. The van der Waals surface area contributed by atoms with Gasteiger partial charge in [-0.1, -0.05) is 30.3 Å². The number of methoxy groups -OCH3 is 1. The number of anilines is 1. The van der Waals surface area contributed by atoms with E-state index in [0.29, 0.717) is 16.3 Å². The second-order valence-electron chi connectivity index (χ2n) is 6.22. The van der Waals surface area contributed by atoms with Crippen molar-refractivity contribution in [3.8, 4) is 11.1 Å². The molecule has 2 aromatic heterocycles. The first-order valence-electron chi connectivity index (χ1n) is 8.44. The molecular formula is C21H20N2O3S. The van der Waals surface area contributed by atoms with Crippen LogP contribution in [0.15, 0.2) is 42.5 Å². The van der Waals surface area contributed by atoms with Crippen LogP contribution in [0.2, 0.25) is 0 Å². The van der Waals surface area contributed by atoms with Gasteiger partial charge in [-0.2, -0.15) is 0 Å². The summed E-state index contributed by atoms with van der Waals surface area (Å²) in [5, 5.41) is 3.31. The van der Waals surface area contributed by atoms with Crippen LogP contribution in [0, 0.1) is 20.8 Å². The second-order valence-corrected chi connectivity index (χ2v) is 7.44. The van der Waals surface area contributed by atoms with Crippen molar-refractivity contribution >= 4 is 28.2 Å². The first-order chi connectivity index (χ1) is 12.9. The topological polar surface area (TPSA) is 68.3 Å². The first-order valence-corrected chi connectivity index (χ1v) is 9.26. The molecule has 1 aromatic carbocycles. The highest BCUT2D eigenvalue weighted by molar-refractivity contribution is 7.17. The molecule has 0 spiro atoms. The molecule has 1 amide bonds. The Hall–Kier alpha value is -2.99. The Morgan fingerprint density at radius 3 is 2.41 bits per heavy atom. The van der Waals surface area contributed by atoms with Gasteiger partial charge >= 0.3 is 5.97 Å². The van der Waals surface area contributed by atoms with Crippen LogP contribution in [0.5, 0.6) is 0 Å². The Bertz CT molecular complexity index is 990. The SMILES string of the molecule is COC(=O)c1c(NC(=O)c2cc(C)cc(C)n2)sc(C)c1-c1ccccc1. The van der Waals surface area contributed by atoms with Gasteiger partial charge in [0.15, 0.2) is 0 Å². The van der Waals surface area contributed by atoms with Crippen LogP contribution in [0.4, 0.5) is 5.00 Å². The Morgan fingerprint density at radius 1 is 1.07 bits per heavy atom. The summed E-state index contributed by atoms with van der Waals surface area (Å²) in [7, 11) is 1.33. The van der Waals surface area contributed by atoms with Gasteiger partial charge in [-0.25, -0.2) is 9.78 Å². The monoisotopic (exact) mass is 380 g/mol. The van der Waals surface area contributed by atoms with Crippen molar-refractivity contribution in [3.05, 3.63) is 69.9 Å². The van der Waals surface area contributed by atoms with E-state index in [9.17, 15) is 9.59 Å². The smallest absolute Gasteiger partial charge is 0.341 e. The number of aromatic nitrogens is 1. The number of esters is 1. The van der Waals surface area contributed by atoms with Gasteiger partial charge < -0.3 is 10.1 Å². The van der Waals surface area contributed by atoms with E-state index in [1.165, 1.54) is 18.4 Å². The van der Waals surface area contributed by atoms with E-state index in [0.717, 1.165) is 27.3 Å². The molecule has 2 heterocycles. The number of pyridine rings is 1. The van der Waals surface area contributed by atoms with Crippen molar-refractivity contribution in [1.29, 1.82) is 0 Å². The molecule has 3 rings (SSSR count). The van der Waals surface area contributed by atoms with Gasteiger partial charge in [-0.05, 0) is 44.0 Å². The van der Waals surface area contributed by atoms with E-state index >= 15 is 0 Å². The number of carbonyl (C=O) groups excluding carboxylic acids is 2. The predicted octanol–water partition coefficient (Wildman–Crippen LogP) is 4.77. The number of carbonyl (C=O) groups is 2. The van der Waals surface area contributed by atoms with Crippen LogP contribution in [-0.4, -0.2) is 24.0 Å². The first kappa shape index (κ1) is 18.8. The molecule has 0 radical (unpaired) electrons. The average Bonchev–Trinajstić information content (AvgIpc) is 2.96. The molecule has 0 aliphatic rings. The number of ether oxygens (including phenoxy) is 1. The summed E-state index contributed by atoms with van der Waals surface area (Å²) in [5.41, 5.74) is 4.07. The minimum atomic E-state index is -0.484. The van der Waals surface area contributed by atoms with Gasteiger partial charge in [-0.3, -0.25) is 4.79 Å². The number of hydrogen-bond donors (Lipinski definition) is 1. The van der Waals surface area contributed by atoms with Crippen LogP contribution >= 0.6 is 11.3 Å². The van der Waals surface area contributed by atoms with Crippen LogP contribution in [-0.2, 0) is 4.74 Å². The summed E-state index contributed by atoms with van der Waals surface area (Å²) < 4.78 is 4.98. The molecule has 6 heteroatoms. The third-order valence-electron chi connectivity index (χ3n) is 4.09. The van der Waals surface area contributed by atoms with Gasteiger partial charge in [-0.15, -0.1) is 11.3 Å². The Kier molecular flexibility index (Phi) is 5.37. The number of nitrogens with one attached hydrogen (secondary N) is 1. The van der Waals surface area contributed by atoms with Gasteiger partial charge in [0, 0.05) is 16.1 Å². The maximum Gasteiger partial charge on any atom is 0.341 e. The summed E-state index contributed by atoms with van der Waals surface area (Å²) >= 11 is 1.35. The van der Waals surface area contributed by atoms with E-state index in [1.54, 1.807) is 6.07 Å². The molecule has 0 bridgehead atoms. The van der Waals surface area contributed by atoms with Gasteiger partial charge in [0.05, 0.1) is 7.11 Å². The lowest BCUT2D eigenvalue weighted by atomic mass is 10.0. The molecule has 138 valence electrons. The maximum absolute atomic E-state index is 12.7. The van der Waals surface area contributed by atoms with Crippen molar-refractivity contribution in [3.63, 3.8) is 0 Å². The lowest BCUT2D eigenvalue weighted by Gasteiger charge is -2.08. The van der Waals surface area contributed by atoms with Gasteiger partial charge in [0.2, 0.25) is 0 Å². The minimum Gasteiger partial charge on any atom is -0.465 e. The van der Waals surface area contributed by atoms with Crippen molar-refractivity contribution in [1.82, 2.24) is 4.98 Å². The highest BCUT2D eigenvalue weighted by Crippen LogP contribution is 2.40. The van der Waals surface area contributed by atoms with E-state index in [1.807, 2.05) is 57.2 Å². The summed E-state index contributed by atoms with van der Waals surface area (Å²) in [6.45, 7) is 5.67. The molecule has 0 saturated heterocycles. The highest BCUT2D eigenvalue weighted by atomic mass is 32.1. The van der Waals surface area contributed by atoms with Crippen LogP contribution in [0.3, 0.4) is 0 Å². The normalized spacial score (nSPS) is 10.5. The van der Waals surface area contributed by atoms with Crippen LogP contribution in [0.25, 0.3) is 11.1 Å². The number of nitrogens with zero attached hydrogens (tertiary/aromatic N) is 1. The zero-order chi connectivity index (χ0) is 19.6. The molecule has 3 aromatic rings. The third-order valence-corrected chi connectivity index (χ3v) is 5.11. The minimum absolute atomic E-state index is 0.315. The van der Waals surface area contributed by atoms with Crippen molar-refractivity contribution < 1.29 is 14.3 Å². The molecule has 5 nitrogen and oxygen atoms in total. The average molecular weight is 380 g/mol. The molecule has 0 fully saturated rings. The second kappa shape index (κ2) is 7.72. The Balaban J connectivity index is 2.05. The zero-order valence-corrected chi connectivity index (χ0v) is 16.4. The molecule has 1 N–H and O–H groups in total. The predicted molar refractivity (Wildman–Crippen MR) is 107 cm³/mol. The number of benzene rings is 1. The van der Waals surface area contributed by atoms with Crippen LogP contribution < -0.4 is 5.32 Å². The fourth-order valence-corrected chi connectivity index (χ4v) is 4.07. The Morgan fingerprint density at radius 2 is 1.78 bits per heavy atom. The zero-order valence-electron chi connectivity index (χ0n) is 15.6. The van der Waals surface area contributed by atoms with Gasteiger partial charge in [0.25, 0.3) is 5.91 Å². The van der Waals surface area contributed by atoms with Crippen LogP contribution in [0.1, 0.15) is 37.0 Å². The molecular weight excluding hydrogens is 360 g/mol. The number of hydrogen-bond acceptors (Lipinski definition) is 5. The largest absolute Gasteiger partial charge is 0.465 e. The van der Waals surface area contributed by atoms with E-state index < -0.39 is 5.97 Å². The maximum atomic E-state index is 12.7. The van der Waals surface area contributed by atoms with Gasteiger partial charge in [0.1, 0.15) is 16.3 Å². The molecule has 0 saturated carbocycles. The molecule has 0 unspecified atom stereocenters. The van der Waals surface area contributed by atoms with Crippen molar-refractivity contribution in [2.24, 2.45) is 0 Å². The summed E-state index contributed by atoms with van der Waals surface area (Å²) in [6.07, 6.45) is 0. The summed E-state index contributed by atoms with van der Waals surface area (Å²) in [6, 6.07) is 13.2. The number of thiophene rings is 1. The summed E-state index contributed by atoms with van der Waals surface area (Å²) in [5.74, 6) is -0.838. The van der Waals surface area contributed by atoms with Crippen molar-refractivity contribution in [2.75, 3.05) is 12.4 Å². The lowest BCUT2D eigenvalue weighted by Crippen LogP contribution is -2.16. The van der Waals surface area contributed by atoms with E-state index in [2.05, 4.69) is 10.3 Å². The molecule has 0 atom stereocenters. The third kappa shape index (κ3) is 3.90. The Labute approximate surface area is 162 Å².